The van der Waals surface area contributed by atoms with Gasteiger partial charge >= 0.3 is 5.97 Å². The Balaban J connectivity index is 3.59. The Morgan fingerprint density at radius 1 is 0.696 bits per heavy atom. The molecule has 0 amide bonds. The van der Waals surface area contributed by atoms with Crippen molar-refractivity contribution < 1.29 is 14.3 Å². The third-order valence-electron chi connectivity index (χ3n) is 4.18. The lowest BCUT2D eigenvalue weighted by Gasteiger charge is -2.23. The first kappa shape index (κ1) is 22.4. The van der Waals surface area contributed by atoms with Crippen LogP contribution in [0.25, 0.3) is 0 Å². The van der Waals surface area contributed by atoms with Crippen LogP contribution < -0.4 is 0 Å². The summed E-state index contributed by atoms with van der Waals surface area (Å²) in [6.07, 6.45) is 14.6. The van der Waals surface area contributed by atoms with Crippen molar-refractivity contribution in [2.45, 2.75) is 110 Å². The molecule has 0 fully saturated rings. The summed E-state index contributed by atoms with van der Waals surface area (Å²) < 4.78 is 11.1. The summed E-state index contributed by atoms with van der Waals surface area (Å²) in [5.41, 5.74) is -0.814. The maximum absolute atomic E-state index is 12.1. The van der Waals surface area contributed by atoms with E-state index < -0.39 is 5.60 Å². The molecule has 0 spiro atoms. The predicted molar refractivity (Wildman–Crippen MR) is 97.7 cm³/mol. The molecular formula is C20H40O3. The molecule has 0 radical (unpaired) electrons. The van der Waals surface area contributed by atoms with Gasteiger partial charge in [0.2, 0.25) is 0 Å². The summed E-state index contributed by atoms with van der Waals surface area (Å²) in [6, 6.07) is 0. The van der Waals surface area contributed by atoms with Gasteiger partial charge in [-0.1, -0.05) is 78.1 Å². The van der Waals surface area contributed by atoms with Crippen LogP contribution in [-0.4, -0.2) is 24.8 Å². The largest absolute Gasteiger partial charge is 0.464 e. The number of esters is 1. The van der Waals surface area contributed by atoms with E-state index in [-0.39, 0.29) is 5.97 Å². The number of hydrogen-bond acceptors (Lipinski definition) is 3. The van der Waals surface area contributed by atoms with Crippen LogP contribution in [0.2, 0.25) is 0 Å². The number of unbranched alkanes of at least 4 members (excludes halogenated alkanes) is 10. The number of rotatable bonds is 16. The first-order valence-corrected chi connectivity index (χ1v) is 9.85. The molecule has 0 atom stereocenters. The summed E-state index contributed by atoms with van der Waals surface area (Å²) in [5.74, 6) is -0.225. The zero-order chi connectivity index (χ0) is 17.4. The van der Waals surface area contributed by atoms with Crippen molar-refractivity contribution in [2.24, 2.45) is 0 Å². The first-order valence-electron chi connectivity index (χ1n) is 9.85. The van der Waals surface area contributed by atoms with Gasteiger partial charge in [0, 0.05) is 6.61 Å². The Bertz CT molecular complexity index is 274. The molecule has 0 bridgehead atoms. The van der Waals surface area contributed by atoms with Crippen LogP contribution in [-0.2, 0) is 14.3 Å². The molecule has 0 aromatic carbocycles. The van der Waals surface area contributed by atoms with Gasteiger partial charge < -0.3 is 9.47 Å². The number of hydrogen-bond donors (Lipinski definition) is 0. The zero-order valence-electron chi connectivity index (χ0n) is 16.1. The van der Waals surface area contributed by atoms with Crippen molar-refractivity contribution in [3.05, 3.63) is 0 Å². The number of ether oxygens (including phenoxy) is 2. The van der Waals surface area contributed by atoms with Crippen molar-refractivity contribution in [3.63, 3.8) is 0 Å². The van der Waals surface area contributed by atoms with Gasteiger partial charge in [0.05, 0.1) is 6.61 Å². The minimum atomic E-state index is -0.814. The van der Waals surface area contributed by atoms with Crippen molar-refractivity contribution >= 4 is 5.97 Å². The van der Waals surface area contributed by atoms with Crippen LogP contribution in [0, 0.1) is 0 Å². The molecule has 0 aromatic heterocycles. The van der Waals surface area contributed by atoms with Gasteiger partial charge in [-0.2, -0.15) is 0 Å². The summed E-state index contributed by atoms with van der Waals surface area (Å²) in [4.78, 5) is 12.1. The van der Waals surface area contributed by atoms with Gasteiger partial charge in [0.1, 0.15) is 0 Å². The minimum Gasteiger partial charge on any atom is -0.464 e. The van der Waals surface area contributed by atoms with E-state index in [9.17, 15) is 4.79 Å². The average Bonchev–Trinajstić information content (AvgIpc) is 2.53. The molecule has 0 aliphatic heterocycles. The molecule has 0 aliphatic rings. The molecule has 138 valence electrons. The molecule has 0 saturated heterocycles. The molecule has 3 nitrogen and oxygen atoms in total. The van der Waals surface area contributed by atoms with E-state index in [1.165, 1.54) is 57.8 Å². The quantitative estimate of drug-likeness (QED) is 0.256. The van der Waals surface area contributed by atoms with E-state index in [4.69, 9.17) is 9.47 Å². The second-order valence-corrected chi connectivity index (χ2v) is 7.03. The van der Waals surface area contributed by atoms with E-state index in [0.29, 0.717) is 13.2 Å². The third kappa shape index (κ3) is 13.6. The van der Waals surface area contributed by atoms with Crippen LogP contribution in [0.15, 0.2) is 0 Å². The van der Waals surface area contributed by atoms with Gasteiger partial charge in [-0.3, -0.25) is 0 Å². The minimum absolute atomic E-state index is 0.225. The van der Waals surface area contributed by atoms with Gasteiger partial charge in [-0.25, -0.2) is 4.79 Å². The predicted octanol–water partition coefficient (Wildman–Crippen LogP) is 6.05. The van der Waals surface area contributed by atoms with Gasteiger partial charge in [0.25, 0.3) is 0 Å². The standard InChI is InChI=1S/C20H40O3/c1-5-7-9-11-13-15-17-22-19(21)20(3,4)23-18-16-14-12-10-8-6-2/h5-18H2,1-4H3. The van der Waals surface area contributed by atoms with E-state index in [0.717, 1.165) is 19.3 Å². The highest BCUT2D eigenvalue weighted by Gasteiger charge is 2.29. The molecule has 3 heteroatoms. The highest BCUT2D eigenvalue weighted by Crippen LogP contribution is 2.14. The molecule has 0 unspecified atom stereocenters. The second-order valence-electron chi connectivity index (χ2n) is 7.03. The van der Waals surface area contributed by atoms with Crippen molar-refractivity contribution in [1.82, 2.24) is 0 Å². The molecule has 0 heterocycles. The number of carbonyl (C=O) groups is 1. The van der Waals surface area contributed by atoms with E-state index in [1.54, 1.807) is 0 Å². The lowest BCUT2D eigenvalue weighted by molar-refractivity contribution is -0.168. The van der Waals surface area contributed by atoms with Gasteiger partial charge in [-0.05, 0) is 26.7 Å². The van der Waals surface area contributed by atoms with E-state index in [1.807, 2.05) is 13.8 Å². The maximum atomic E-state index is 12.1. The Morgan fingerprint density at radius 2 is 1.13 bits per heavy atom. The Hall–Kier alpha value is -0.570. The number of carbonyl (C=O) groups excluding carboxylic acids is 1. The fourth-order valence-corrected chi connectivity index (χ4v) is 2.49. The van der Waals surface area contributed by atoms with Crippen LogP contribution in [0.4, 0.5) is 0 Å². The van der Waals surface area contributed by atoms with Crippen LogP contribution in [0.5, 0.6) is 0 Å². The third-order valence-corrected chi connectivity index (χ3v) is 4.18. The Labute approximate surface area is 144 Å². The maximum Gasteiger partial charge on any atom is 0.337 e. The molecule has 0 saturated carbocycles. The van der Waals surface area contributed by atoms with Gasteiger partial charge in [-0.15, -0.1) is 0 Å². The smallest absolute Gasteiger partial charge is 0.337 e. The summed E-state index contributed by atoms with van der Waals surface area (Å²) in [6.45, 7) is 9.23. The van der Waals surface area contributed by atoms with Crippen LogP contribution in [0.3, 0.4) is 0 Å². The van der Waals surface area contributed by atoms with Crippen molar-refractivity contribution in [2.75, 3.05) is 13.2 Å². The lowest BCUT2D eigenvalue weighted by atomic mass is 10.1. The Kier molecular flexibility index (Phi) is 14.6. The molecule has 0 aliphatic carbocycles. The summed E-state index contributed by atoms with van der Waals surface area (Å²) in [7, 11) is 0. The lowest BCUT2D eigenvalue weighted by Crippen LogP contribution is -2.37. The Morgan fingerprint density at radius 3 is 1.65 bits per heavy atom. The molecule has 0 N–H and O–H groups in total. The highest BCUT2D eigenvalue weighted by molar-refractivity contribution is 5.78. The average molecular weight is 329 g/mol. The van der Waals surface area contributed by atoms with Crippen molar-refractivity contribution in [1.29, 1.82) is 0 Å². The van der Waals surface area contributed by atoms with Crippen LogP contribution >= 0.6 is 0 Å². The summed E-state index contributed by atoms with van der Waals surface area (Å²) in [5, 5.41) is 0. The SMILES string of the molecule is CCCCCCCCOC(=O)C(C)(C)OCCCCCCCC. The topological polar surface area (TPSA) is 35.5 Å². The highest BCUT2D eigenvalue weighted by atomic mass is 16.6. The van der Waals surface area contributed by atoms with E-state index >= 15 is 0 Å². The molecule has 0 rings (SSSR count). The normalized spacial score (nSPS) is 11.7. The fourth-order valence-electron chi connectivity index (χ4n) is 2.49. The first-order chi connectivity index (χ1) is 11.0. The molecule has 23 heavy (non-hydrogen) atoms. The summed E-state index contributed by atoms with van der Waals surface area (Å²) >= 11 is 0. The van der Waals surface area contributed by atoms with Crippen LogP contribution in [0.1, 0.15) is 105 Å². The molecule has 0 aromatic rings. The fraction of sp³-hybridized carbons (Fsp3) is 0.950. The zero-order valence-corrected chi connectivity index (χ0v) is 16.1. The van der Waals surface area contributed by atoms with Gasteiger partial charge in [0.15, 0.2) is 5.60 Å². The second kappa shape index (κ2) is 15.0. The molecular weight excluding hydrogens is 288 g/mol. The monoisotopic (exact) mass is 328 g/mol. The van der Waals surface area contributed by atoms with E-state index in [2.05, 4.69) is 13.8 Å². The van der Waals surface area contributed by atoms with Crippen molar-refractivity contribution in [3.8, 4) is 0 Å².